The molecule has 1 aliphatic rings. The number of aryl methyl sites for hydroxylation is 2. The zero-order chi connectivity index (χ0) is 20.3. The quantitative estimate of drug-likeness (QED) is 0.684. The van der Waals surface area contributed by atoms with Gasteiger partial charge in [0.1, 0.15) is 9.84 Å². The standard InChI is InChI=1S/C19H26N4O4S/c1-15-4-3-5-16-18(15)20-14-23(19(16)25)7-6-17(24)22-10-8-21(9-11-22)12-13-28(2,26)27/h3-5,14H,6-13H2,1-2H3. The SMILES string of the molecule is Cc1cccc2c(=O)n(CCC(=O)N3CCN(CCS(C)(=O)=O)CC3)cnc12. The first-order valence-electron chi connectivity index (χ1n) is 9.37. The summed E-state index contributed by atoms with van der Waals surface area (Å²) in [6.07, 6.45) is 2.98. The average molecular weight is 407 g/mol. The molecule has 1 saturated heterocycles. The Hall–Kier alpha value is -2.26. The van der Waals surface area contributed by atoms with E-state index in [1.54, 1.807) is 11.0 Å². The number of amides is 1. The molecule has 0 aliphatic carbocycles. The Morgan fingerprint density at radius 1 is 1.14 bits per heavy atom. The number of nitrogens with zero attached hydrogens (tertiary/aromatic N) is 4. The molecule has 152 valence electrons. The Kier molecular flexibility index (Phi) is 6.14. The van der Waals surface area contributed by atoms with Crippen LogP contribution in [0.5, 0.6) is 0 Å². The minimum atomic E-state index is -2.98. The maximum atomic E-state index is 12.6. The van der Waals surface area contributed by atoms with Crippen molar-refractivity contribution in [3.05, 3.63) is 40.4 Å². The van der Waals surface area contributed by atoms with Crippen LogP contribution in [0.3, 0.4) is 0 Å². The third-order valence-corrected chi connectivity index (χ3v) is 6.05. The van der Waals surface area contributed by atoms with Crippen molar-refractivity contribution in [2.45, 2.75) is 19.9 Å². The van der Waals surface area contributed by atoms with Gasteiger partial charge < -0.3 is 4.90 Å². The predicted octanol–water partition coefficient (Wildman–Crippen LogP) is 0.284. The van der Waals surface area contributed by atoms with E-state index < -0.39 is 9.84 Å². The molecular formula is C19H26N4O4S. The monoisotopic (exact) mass is 406 g/mol. The summed E-state index contributed by atoms with van der Waals surface area (Å²) in [5, 5.41) is 0.564. The van der Waals surface area contributed by atoms with Crippen molar-refractivity contribution in [1.29, 1.82) is 0 Å². The third kappa shape index (κ3) is 4.96. The number of aromatic nitrogens is 2. The van der Waals surface area contributed by atoms with E-state index in [1.807, 2.05) is 19.1 Å². The van der Waals surface area contributed by atoms with Crippen LogP contribution in [-0.4, -0.2) is 78.4 Å². The van der Waals surface area contributed by atoms with Crippen molar-refractivity contribution >= 4 is 26.6 Å². The first-order valence-corrected chi connectivity index (χ1v) is 11.4. The summed E-state index contributed by atoms with van der Waals surface area (Å²) < 4.78 is 24.0. The second kappa shape index (κ2) is 8.40. The lowest BCUT2D eigenvalue weighted by atomic mass is 10.1. The van der Waals surface area contributed by atoms with Crippen molar-refractivity contribution < 1.29 is 13.2 Å². The van der Waals surface area contributed by atoms with E-state index in [2.05, 4.69) is 9.88 Å². The summed E-state index contributed by atoms with van der Waals surface area (Å²) in [7, 11) is -2.98. The first kappa shape index (κ1) is 20.5. The fourth-order valence-electron chi connectivity index (χ4n) is 3.39. The van der Waals surface area contributed by atoms with Crippen molar-refractivity contribution in [2.24, 2.45) is 0 Å². The molecule has 1 aromatic heterocycles. The summed E-state index contributed by atoms with van der Waals surface area (Å²) >= 11 is 0. The lowest BCUT2D eigenvalue weighted by Crippen LogP contribution is -2.49. The average Bonchev–Trinajstić information content (AvgIpc) is 2.66. The number of fused-ring (bicyclic) bond motifs is 1. The van der Waals surface area contributed by atoms with Crippen molar-refractivity contribution in [3.63, 3.8) is 0 Å². The highest BCUT2D eigenvalue weighted by Gasteiger charge is 2.21. The van der Waals surface area contributed by atoms with E-state index in [0.717, 1.165) is 5.56 Å². The molecule has 0 N–H and O–H groups in total. The van der Waals surface area contributed by atoms with Crippen LogP contribution in [0.2, 0.25) is 0 Å². The van der Waals surface area contributed by atoms with Crippen LogP contribution in [0.1, 0.15) is 12.0 Å². The minimum absolute atomic E-state index is 0.000924. The highest BCUT2D eigenvalue weighted by Crippen LogP contribution is 2.11. The Bertz CT molecular complexity index is 1020. The number of rotatable bonds is 6. The number of para-hydroxylation sites is 1. The Balaban J connectivity index is 1.55. The second-order valence-electron chi connectivity index (χ2n) is 7.32. The van der Waals surface area contributed by atoms with Crippen LogP contribution in [-0.2, 0) is 21.2 Å². The zero-order valence-electron chi connectivity index (χ0n) is 16.3. The predicted molar refractivity (Wildman–Crippen MR) is 108 cm³/mol. The van der Waals surface area contributed by atoms with Gasteiger partial charge >= 0.3 is 0 Å². The second-order valence-corrected chi connectivity index (χ2v) is 9.58. The fraction of sp³-hybridized carbons (Fsp3) is 0.526. The molecule has 0 bridgehead atoms. The maximum Gasteiger partial charge on any atom is 0.261 e. The molecular weight excluding hydrogens is 380 g/mol. The number of sulfone groups is 1. The molecule has 9 heteroatoms. The van der Waals surface area contributed by atoms with Crippen molar-refractivity contribution in [3.8, 4) is 0 Å². The summed E-state index contributed by atoms with van der Waals surface area (Å²) in [6.45, 7) is 5.19. The molecule has 1 aliphatic heterocycles. The van der Waals surface area contributed by atoms with Crippen LogP contribution in [0.15, 0.2) is 29.3 Å². The molecule has 1 fully saturated rings. The number of carbonyl (C=O) groups excluding carboxylic acids is 1. The topological polar surface area (TPSA) is 92.6 Å². The molecule has 3 rings (SSSR count). The van der Waals surface area contributed by atoms with E-state index in [9.17, 15) is 18.0 Å². The lowest BCUT2D eigenvalue weighted by molar-refractivity contribution is -0.133. The summed E-state index contributed by atoms with van der Waals surface area (Å²) in [4.78, 5) is 33.3. The van der Waals surface area contributed by atoms with Gasteiger partial charge in [0.15, 0.2) is 0 Å². The Morgan fingerprint density at radius 2 is 1.86 bits per heavy atom. The maximum absolute atomic E-state index is 12.6. The van der Waals surface area contributed by atoms with Gasteiger partial charge in [-0.2, -0.15) is 0 Å². The van der Waals surface area contributed by atoms with E-state index >= 15 is 0 Å². The zero-order valence-corrected chi connectivity index (χ0v) is 17.1. The number of hydrogen-bond acceptors (Lipinski definition) is 6. The molecule has 2 aromatic rings. The fourth-order valence-corrected chi connectivity index (χ4v) is 3.98. The van der Waals surface area contributed by atoms with Gasteiger partial charge in [0.2, 0.25) is 5.91 Å². The highest BCUT2D eigenvalue weighted by atomic mass is 32.2. The normalized spacial score (nSPS) is 15.9. The molecule has 0 unspecified atom stereocenters. The van der Waals surface area contributed by atoms with Gasteiger partial charge in [-0.1, -0.05) is 12.1 Å². The van der Waals surface area contributed by atoms with Crippen LogP contribution < -0.4 is 5.56 Å². The minimum Gasteiger partial charge on any atom is -0.340 e. The number of hydrogen-bond donors (Lipinski definition) is 0. The number of piperazine rings is 1. The first-order chi connectivity index (χ1) is 13.2. The molecule has 0 spiro atoms. The third-order valence-electron chi connectivity index (χ3n) is 5.13. The molecule has 1 aromatic carbocycles. The molecule has 0 saturated carbocycles. The summed E-state index contributed by atoms with van der Waals surface area (Å²) in [5.41, 5.74) is 1.51. The van der Waals surface area contributed by atoms with E-state index in [1.165, 1.54) is 17.2 Å². The molecule has 28 heavy (non-hydrogen) atoms. The molecule has 1 amide bonds. The smallest absolute Gasteiger partial charge is 0.261 e. The Morgan fingerprint density at radius 3 is 2.54 bits per heavy atom. The van der Waals surface area contributed by atoms with E-state index in [0.29, 0.717) is 50.2 Å². The van der Waals surface area contributed by atoms with Crippen molar-refractivity contribution in [1.82, 2.24) is 19.4 Å². The molecule has 0 atom stereocenters. The van der Waals surface area contributed by atoms with Gasteiger partial charge in [-0.25, -0.2) is 13.4 Å². The van der Waals surface area contributed by atoms with Crippen LogP contribution in [0.4, 0.5) is 0 Å². The van der Waals surface area contributed by atoms with Gasteiger partial charge in [0.05, 0.1) is 23.0 Å². The van der Waals surface area contributed by atoms with Crippen molar-refractivity contribution in [2.75, 3.05) is 44.7 Å². The number of benzene rings is 1. The number of carbonyl (C=O) groups is 1. The van der Waals surface area contributed by atoms with Crippen LogP contribution >= 0.6 is 0 Å². The van der Waals surface area contributed by atoms with Gasteiger partial charge in [-0.15, -0.1) is 0 Å². The van der Waals surface area contributed by atoms with E-state index in [4.69, 9.17) is 0 Å². The summed E-state index contributed by atoms with van der Waals surface area (Å²) in [5.74, 6) is 0.136. The van der Waals surface area contributed by atoms with Crippen LogP contribution in [0, 0.1) is 6.92 Å². The largest absolute Gasteiger partial charge is 0.340 e. The molecule has 0 radical (unpaired) electrons. The molecule has 8 nitrogen and oxygen atoms in total. The Labute approximate surface area is 164 Å². The van der Waals surface area contributed by atoms with Gasteiger partial charge in [-0.3, -0.25) is 19.1 Å². The highest BCUT2D eigenvalue weighted by molar-refractivity contribution is 7.90. The van der Waals surface area contributed by atoms with Gasteiger partial charge in [0, 0.05) is 51.9 Å². The van der Waals surface area contributed by atoms with Gasteiger partial charge in [0.25, 0.3) is 5.56 Å². The lowest BCUT2D eigenvalue weighted by Gasteiger charge is -2.34. The summed E-state index contributed by atoms with van der Waals surface area (Å²) in [6, 6.07) is 5.50. The molecule has 2 heterocycles. The van der Waals surface area contributed by atoms with Crippen LogP contribution in [0.25, 0.3) is 10.9 Å². The van der Waals surface area contributed by atoms with E-state index in [-0.39, 0.29) is 23.6 Å². The van der Waals surface area contributed by atoms with Gasteiger partial charge in [-0.05, 0) is 18.6 Å².